The zero-order valence-corrected chi connectivity index (χ0v) is 19.4. The Bertz CT molecular complexity index is 907. The van der Waals surface area contributed by atoms with E-state index in [1.807, 2.05) is 13.8 Å². The third-order valence-corrected chi connectivity index (χ3v) is 5.75. The van der Waals surface area contributed by atoms with Gasteiger partial charge in [-0.05, 0) is 50.8 Å². The van der Waals surface area contributed by atoms with Crippen LogP contribution in [-0.2, 0) is 24.2 Å². The minimum atomic E-state index is -0.167. The van der Waals surface area contributed by atoms with Gasteiger partial charge in [-0.2, -0.15) is 0 Å². The van der Waals surface area contributed by atoms with Crippen molar-refractivity contribution >= 4 is 11.7 Å². The molecule has 0 radical (unpaired) electrons. The van der Waals surface area contributed by atoms with Crippen LogP contribution in [0, 0.1) is 6.92 Å². The predicted octanol–water partition coefficient (Wildman–Crippen LogP) is 4.02. The number of hydrogen-bond donors (Lipinski definition) is 2. The Labute approximate surface area is 185 Å². The number of carbonyl (C=O) groups excluding carboxylic acids is 2. The van der Waals surface area contributed by atoms with Crippen LogP contribution in [0.25, 0.3) is 0 Å². The molecule has 2 unspecified atom stereocenters. The number of Topliss-reactive ketones (excluding diaryl/α,β-unsaturated/α-hetero) is 1. The lowest BCUT2D eigenvalue weighted by atomic mass is 10.0. The Morgan fingerprint density at radius 3 is 2.32 bits per heavy atom. The van der Waals surface area contributed by atoms with Crippen LogP contribution in [0.4, 0.5) is 0 Å². The molecule has 31 heavy (non-hydrogen) atoms. The van der Waals surface area contributed by atoms with Gasteiger partial charge >= 0.3 is 0 Å². The highest BCUT2D eigenvalue weighted by Gasteiger charge is 2.23. The molecule has 2 N–H and O–H groups in total. The zero-order valence-electron chi connectivity index (χ0n) is 19.4. The summed E-state index contributed by atoms with van der Waals surface area (Å²) in [6.45, 7) is 12.9. The van der Waals surface area contributed by atoms with E-state index in [9.17, 15) is 9.59 Å². The Morgan fingerprint density at radius 2 is 1.74 bits per heavy atom. The monoisotopic (exact) mass is 425 g/mol. The molecule has 1 amide bonds. The first-order valence-corrected chi connectivity index (χ1v) is 11.2. The van der Waals surface area contributed by atoms with Crippen molar-refractivity contribution in [2.45, 2.75) is 72.8 Å². The summed E-state index contributed by atoms with van der Waals surface area (Å²) in [5.41, 5.74) is 5.06. The average Bonchev–Trinajstić information content (AvgIpc) is 3.03. The molecule has 1 aromatic carbocycles. The van der Waals surface area contributed by atoms with Gasteiger partial charge in [0.1, 0.15) is 5.69 Å². The van der Waals surface area contributed by atoms with E-state index in [1.54, 1.807) is 6.92 Å². The summed E-state index contributed by atoms with van der Waals surface area (Å²) >= 11 is 0. The molecule has 168 valence electrons. The van der Waals surface area contributed by atoms with E-state index >= 15 is 0 Å². The number of aromatic nitrogens is 1. The number of rotatable bonds is 8. The number of nitrogens with zero attached hydrogens (tertiary/aromatic N) is 1. The molecule has 3 rings (SSSR count). The van der Waals surface area contributed by atoms with Crippen LogP contribution in [0.1, 0.15) is 77.3 Å². The van der Waals surface area contributed by atoms with E-state index in [0.717, 1.165) is 42.9 Å². The van der Waals surface area contributed by atoms with Crippen molar-refractivity contribution in [3.8, 4) is 0 Å². The molecular formula is C25H35N3O3. The van der Waals surface area contributed by atoms with Crippen LogP contribution in [0.2, 0.25) is 0 Å². The first-order valence-electron chi connectivity index (χ1n) is 11.2. The maximum Gasteiger partial charge on any atom is 0.268 e. The lowest BCUT2D eigenvalue weighted by molar-refractivity contribution is -0.0704. The highest BCUT2D eigenvalue weighted by atomic mass is 16.5. The van der Waals surface area contributed by atoms with Crippen LogP contribution >= 0.6 is 0 Å². The van der Waals surface area contributed by atoms with Gasteiger partial charge in [0.05, 0.1) is 12.2 Å². The highest BCUT2D eigenvalue weighted by molar-refractivity contribution is 6.02. The van der Waals surface area contributed by atoms with Crippen LogP contribution in [0.3, 0.4) is 0 Å². The Morgan fingerprint density at radius 1 is 1.13 bits per heavy atom. The zero-order chi connectivity index (χ0) is 22.5. The topological polar surface area (TPSA) is 74.4 Å². The molecule has 0 saturated carbocycles. The van der Waals surface area contributed by atoms with E-state index < -0.39 is 0 Å². The van der Waals surface area contributed by atoms with Gasteiger partial charge in [-0.3, -0.25) is 14.5 Å². The number of ether oxygens (including phenoxy) is 1. The van der Waals surface area contributed by atoms with E-state index in [2.05, 4.69) is 53.3 Å². The largest absolute Gasteiger partial charge is 0.373 e. The summed E-state index contributed by atoms with van der Waals surface area (Å²) in [6, 6.07) is 8.39. The molecule has 1 aliphatic rings. The molecule has 2 atom stereocenters. The normalized spacial score (nSPS) is 19.4. The second-order valence-corrected chi connectivity index (χ2v) is 8.74. The van der Waals surface area contributed by atoms with Crippen molar-refractivity contribution in [3.63, 3.8) is 0 Å². The summed E-state index contributed by atoms with van der Waals surface area (Å²) < 4.78 is 5.81. The Balaban J connectivity index is 1.61. The van der Waals surface area contributed by atoms with Gasteiger partial charge in [-0.15, -0.1) is 0 Å². The molecule has 1 aromatic heterocycles. The Kier molecular flexibility index (Phi) is 7.68. The van der Waals surface area contributed by atoms with Crippen LogP contribution in [-0.4, -0.2) is 46.9 Å². The summed E-state index contributed by atoms with van der Waals surface area (Å²) in [4.78, 5) is 30.4. The maximum absolute atomic E-state index is 12.8. The van der Waals surface area contributed by atoms with Gasteiger partial charge in [-0.1, -0.05) is 37.6 Å². The van der Waals surface area contributed by atoms with Gasteiger partial charge in [0.15, 0.2) is 5.78 Å². The molecule has 6 nitrogen and oxygen atoms in total. The van der Waals surface area contributed by atoms with E-state index in [0.29, 0.717) is 24.2 Å². The van der Waals surface area contributed by atoms with Crippen molar-refractivity contribution in [2.75, 3.05) is 13.1 Å². The smallest absolute Gasteiger partial charge is 0.268 e. The first kappa shape index (κ1) is 23.2. The third-order valence-electron chi connectivity index (χ3n) is 5.75. The fourth-order valence-corrected chi connectivity index (χ4v) is 4.55. The lowest BCUT2D eigenvalue weighted by Gasteiger charge is -2.35. The molecule has 6 heteroatoms. The van der Waals surface area contributed by atoms with Gasteiger partial charge in [0.25, 0.3) is 5.91 Å². The maximum atomic E-state index is 12.8. The first-order chi connectivity index (χ1) is 14.8. The SMILES string of the molecule is CCCc1c(C(=O)NCc2ccc(CN3CC(C)OC(C)C3)cc2)[nH]c(C)c1C(C)=O. The number of benzene rings is 1. The number of aromatic amines is 1. The second kappa shape index (κ2) is 10.2. The predicted molar refractivity (Wildman–Crippen MR) is 122 cm³/mol. The van der Waals surface area contributed by atoms with Crippen molar-refractivity contribution in [1.29, 1.82) is 0 Å². The number of hydrogen-bond acceptors (Lipinski definition) is 4. The fourth-order valence-electron chi connectivity index (χ4n) is 4.55. The average molecular weight is 426 g/mol. The van der Waals surface area contributed by atoms with Crippen molar-refractivity contribution in [3.05, 3.63) is 57.9 Å². The number of aryl methyl sites for hydroxylation is 1. The number of morpholine rings is 1. The van der Waals surface area contributed by atoms with E-state index in [1.165, 1.54) is 5.56 Å². The highest BCUT2D eigenvalue weighted by Crippen LogP contribution is 2.21. The number of H-pyrrole nitrogens is 1. The molecular weight excluding hydrogens is 390 g/mol. The molecule has 1 aliphatic heterocycles. The molecule has 2 aromatic rings. The summed E-state index contributed by atoms with van der Waals surface area (Å²) in [5, 5.41) is 3.00. The minimum Gasteiger partial charge on any atom is -0.373 e. The number of amides is 1. The van der Waals surface area contributed by atoms with Crippen molar-refractivity contribution in [2.24, 2.45) is 0 Å². The third kappa shape index (κ3) is 5.83. The number of ketones is 1. The fraction of sp³-hybridized carbons (Fsp3) is 0.520. The van der Waals surface area contributed by atoms with Crippen molar-refractivity contribution < 1.29 is 14.3 Å². The molecule has 2 heterocycles. The quantitative estimate of drug-likeness (QED) is 0.627. The lowest BCUT2D eigenvalue weighted by Crippen LogP contribution is -2.44. The van der Waals surface area contributed by atoms with Crippen LogP contribution < -0.4 is 5.32 Å². The van der Waals surface area contributed by atoms with Gasteiger partial charge in [0, 0.05) is 37.4 Å². The molecule has 1 fully saturated rings. The molecule has 0 bridgehead atoms. The standard InChI is InChI=1S/C25H35N3O3/c1-6-7-22-23(19(5)29)18(4)27-24(22)25(30)26-12-20-8-10-21(11-9-20)15-28-13-16(2)31-17(3)14-28/h8-11,16-17,27H,6-7,12-15H2,1-5H3,(H,26,30). The van der Waals surface area contributed by atoms with Gasteiger partial charge < -0.3 is 15.0 Å². The number of nitrogens with one attached hydrogen (secondary N) is 2. The molecule has 1 saturated heterocycles. The summed E-state index contributed by atoms with van der Waals surface area (Å²) in [7, 11) is 0. The second-order valence-electron chi connectivity index (χ2n) is 8.74. The molecule has 0 aliphatic carbocycles. The van der Waals surface area contributed by atoms with Gasteiger partial charge in [-0.25, -0.2) is 0 Å². The Hall–Kier alpha value is -2.44. The number of carbonyl (C=O) groups is 2. The van der Waals surface area contributed by atoms with Gasteiger partial charge in [0.2, 0.25) is 0 Å². The summed E-state index contributed by atoms with van der Waals surface area (Å²) in [6.07, 6.45) is 2.10. The minimum absolute atomic E-state index is 0.00380. The van der Waals surface area contributed by atoms with E-state index in [4.69, 9.17) is 4.74 Å². The van der Waals surface area contributed by atoms with Crippen molar-refractivity contribution in [1.82, 2.24) is 15.2 Å². The van der Waals surface area contributed by atoms with Crippen LogP contribution in [0.5, 0.6) is 0 Å². The van der Waals surface area contributed by atoms with Crippen LogP contribution in [0.15, 0.2) is 24.3 Å². The van der Waals surface area contributed by atoms with E-state index in [-0.39, 0.29) is 23.9 Å². The molecule has 0 spiro atoms. The summed E-state index contributed by atoms with van der Waals surface area (Å²) in [5.74, 6) is -0.171.